The number of carbonyl (C=O) groups is 1. The number of hydrogen-bond acceptors (Lipinski definition) is 6. The Hall–Kier alpha value is -2.48. The van der Waals surface area contributed by atoms with E-state index in [1.165, 1.54) is 25.9 Å². The van der Waals surface area contributed by atoms with Crippen molar-refractivity contribution in [1.29, 1.82) is 0 Å². The molecule has 4 heterocycles. The third kappa shape index (κ3) is 4.75. The number of likely N-dealkylation sites (tertiary alicyclic amines) is 1. The van der Waals surface area contributed by atoms with Crippen LogP contribution in [0.4, 0.5) is 5.95 Å². The zero-order chi connectivity index (χ0) is 20.2. The topological polar surface area (TPSA) is 79.2 Å². The Kier molecular flexibility index (Phi) is 6.08. The zero-order valence-electron chi connectivity index (χ0n) is 17.5. The van der Waals surface area contributed by atoms with Crippen LogP contribution in [0.15, 0.2) is 18.3 Å². The molecule has 2 aromatic heterocycles. The first-order valence-corrected chi connectivity index (χ1v) is 10.7. The number of nitrogens with one attached hydrogen (secondary N) is 1. The van der Waals surface area contributed by atoms with Crippen LogP contribution in [-0.2, 0) is 4.79 Å². The van der Waals surface area contributed by atoms with Crippen molar-refractivity contribution >= 4 is 11.9 Å². The van der Waals surface area contributed by atoms with E-state index in [1.807, 2.05) is 30.7 Å². The molecule has 0 aliphatic carbocycles. The molecule has 0 spiro atoms. The molecule has 29 heavy (non-hydrogen) atoms. The lowest BCUT2D eigenvalue weighted by atomic mass is 9.96. The number of anilines is 1. The van der Waals surface area contributed by atoms with Gasteiger partial charge in [0, 0.05) is 50.1 Å². The van der Waals surface area contributed by atoms with Crippen LogP contribution in [-0.4, -0.2) is 69.8 Å². The van der Waals surface area contributed by atoms with Crippen molar-refractivity contribution < 1.29 is 4.79 Å². The zero-order valence-corrected chi connectivity index (χ0v) is 17.5. The number of nitrogens with zero attached hydrogens (tertiary/aromatic N) is 6. The Balaban J connectivity index is 1.29. The molecule has 0 saturated carbocycles. The maximum atomic E-state index is 12.5. The van der Waals surface area contributed by atoms with Gasteiger partial charge >= 0.3 is 0 Å². The Bertz CT molecular complexity index is 835. The van der Waals surface area contributed by atoms with Crippen molar-refractivity contribution in [3.8, 4) is 5.82 Å². The van der Waals surface area contributed by atoms with Crippen molar-refractivity contribution in [3.63, 3.8) is 0 Å². The van der Waals surface area contributed by atoms with Crippen molar-refractivity contribution in [1.82, 2.24) is 30.0 Å². The van der Waals surface area contributed by atoms with Gasteiger partial charge in [-0.25, -0.2) is 9.67 Å². The SMILES string of the molecule is Cc1cc(C)n(-c2ccnc(N3CCC(C(=O)NCCN4CCCC4)CC3)n2)n1. The van der Waals surface area contributed by atoms with Gasteiger partial charge in [0.2, 0.25) is 11.9 Å². The van der Waals surface area contributed by atoms with Crippen molar-refractivity contribution in [2.24, 2.45) is 5.92 Å². The van der Waals surface area contributed by atoms with Crippen LogP contribution < -0.4 is 10.2 Å². The van der Waals surface area contributed by atoms with E-state index >= 15 is 0 Å². The largest absolute Gasteiger partial charge is 0.355 e. The van der Waals surface area contributed by atoms with Gasteiger partial charge < -0.3 is 15.1 Å². The highest BCUT2D eigenvalue weighted by Crippen LogP contribution is 2.22. The fourth-order valence-electron chi connectivity index (χ4n) is 4.30. The van der Waals surface area contributed by atoms with Crippen LogP contribution in [0.1, 0.15) is 37.1 Å². The number of amides is 1. The molecule has 8 heteroatoms. The third-order valence-corrected chi connectivity index (χ3v) is 5.93. The highest BCUT2D eigenvalue weighted by atomic mass is 16.1. The Morgan fingerprint density at radius 3 is 2.62 bits per heavy atom. The summed E-state index contributed by atoms with van der Waals surface area (Å²) >= 11 is 0. The molecule has 0 aromatic carbocycles. The lowest BCUT2D eigenvalue weighted by Crippen LogP contribution is -2.42. The summed E-state index contributed by atoms with van der Waals surface area (Å²) in [5.74, 6) is 1.77. The molecule has 4 rings (SSSR count). The molecular weight excluding hydrogens is 366 g/mol. The summed E-state index contributed by atoms with van der Waals surface area (Å²) in [4.78, 5) is 26.3. The first kappa shape index (κ1) is 19.8. The van der Waals surface area contributed by atoms with Crippen LogP contribution >= 0.6 is 0 Å². The first-order valence-electron chi connectivity index (χ1n) is 10.7. The predicted molar refractivity (Wildman–Crippen MR) is 112 cm³/mol. The van der Waals surface area contributed by atoms with Crippen LogP contribution in [0.3, 0.4) is 0 Å². The molecule has 2 fully saturated rings. The molecular formula is C21H31N7O. The molecule has 0 radical (unpaired) electrons. The quantitative estimate of drug-likeness (QED) is 0.799. The van der Waals surface area contributed by atoms with Crippen LogP contribution in [0, 0.1) is 19.8 Å². The molecule has 2 aliphatic heterocycles. The molecule has 2 saturated heterocycles. The molecule has 8 nitrogen and oxygen atoms in total. The summed E-state index contributed by atoms with van der Waals surface area (Å²) in [5, 5.41) is 7.64. The summed E-state index contributed by atoms with van der Waals surface area (Å²) in [6, 6.07) is 3.92. The maximum Gasteiger partial charge on any atom is 0.227 e. The molecule has 0 atom stereocenters. The normalized spacial score (nSPS) is 18.3. The Labute approximate surface area is 172 Å². The number of hydrogen-bond donors (Lipinski definition) is 1. The molecule has 2 aliphatic rings. The molecule has 0 unspecified atom stereocenters. The van der Waals surface area contributed by atoms with Gasteiger partial charge in [0.05, 0.1) is 5.69 Å². The van der Waals surface area contributed by atoms with Crippen molar-refractivity contribution in [3.05, 3.63) is 29.7 Å². The fraction of sp³-hybridized carbons (Fsp3) is 0.619. The molecule has 156 valence electrons. The molecule has 1 amide bonds. The third-order valence-electron chi connectivity index (χ3n) is 5.93. The lowest BCUT2D eigenvalue weighted by molar-refractivity contribution is -0.125. The number of carbonyl (C=O) groups excluding carboxylic acids is 1. The van der Waals surface area contributed by atoms with E-state index in [0.717, 1.165) is 56.2 Å². The van der Waals surface area contributed by atoms with Gasteiger partial charge in [-0.3, -0.25) is 4.79 Å². The standard InChI is InChI=1S/C21H31N7O/c1-16-15-17(2)28(25-16)19-5-8-23-21(24-19)27-12-6-18(7-13-27)20(29)22-9-14-26-10-3-4-11-26/h5,8,15,18H,3-4,6-7,9-14H2,1-2H3,(H,22,29). The second kappa shape index (κ2) is 8.90. The molecule has 1 N–H and O–H groups in total. The molecule has 0 bridgehead atoms. The van der Waals surface area contributed by atoms with E-state index in [1.54, 1.807) is 6.20 Å². The van der Waals surface area contributed by atoms with E-state index in [2.05, 4.69) is 25.2 Å². The van der Waals surface area contributed by atoms with Gasteiger partial charge in [-0.05, 0) is 58.7 Å². The minimum atomic E-state index is 0.0871. The predicted octanol–water partition coefficient (Wildman–Crippen LogP) is 1.71. The van der Waals surface area contributed by atoms with Gasteiger partial charge in [0.25, 0.3) is 0 Å². The minimum Gasteiger partial charge on any atom is -0.355 e. The first-order chi connectivity index (χ1) is 14.1. The summed E-state index contributed by atoms with van der Waals surface area (Å²) in [7, 11) is 0. The number of aryl methyl sites for hydroxylation is 2. The van der Waals surface area contributed by atoms with E-state index in [0.29, 0.717) is 5.95 Å². The summed E-state index contributed by atoms with van der Waals surface area (Å²) in [5.41, 5.74) is 2.02. The Morgan fingerprint density at radius 2 is 1.93 bits per heavy atom. The summed E-state index contributed by atoms with van der Waals surface area (Å²) in [6.07, 6.45) is 6.03. The van der Waals surface area contributed by atoms with Crippen LogP contribution in [0.5, 0.6) is 0 Å². The van der Waals surface area contributed by atoms with Crippen molar-refractivity contribution in [2.75, 3.05) is 44.2 Å². The fourth-order valence-corrected chi connectivity index (χ4v) is 4.30. The van der Waals surface area contributed by atoms with E-state index in [9.17, 15) is 4.79 Å². The lowest BCUT2D eigenvalue weighted by Gasteiger charge is -2.31. The molecule has 2 aromatic rings. The van der Waals surface area contributed by atoms with Gasteiger partial charge in [-0.15, -0.1) is 0 Å². The highest BCUT2D eigenvalue weighted by molar-refractivity contribution is 5.78. The van der Waals surface area contributed by atoms with Crippen molar-refractivity contribution in [2.45, 2.75) is 39.5 Å². The number of aromatic nitrogens is 4. The van der Waals surface area contributed by atoms with E-state index in [-0.39, 0.29) is 11.8 Å². The minimum absolute atomic E-state index is 0.0871. The summed E-state index contributed by atoms with van der Waals surface area (Å²) < 4.78 is 1.85. The maximum absolute atomic E-state index is 12.5. The van der Waals surface area contributed by atoms with Gasteiger partial charge in [0.1, 0.15) is 0 Å². The smallest absolute Gasteiger partial charge is 0.227 e. The highest BCUT2D eigenvalue weighted by Gasteiger charge is 2.26. The van der Waals surface area contributed by atoms with E-state index < -0.39 is 0 Å². The van der Waals surface area contributed by atoms with E-state index in [4.69, 9.17) is 4.98 Å². The Morgan fingerprint density at radius 1 is 1.17 bits per heavy atom. The summed E-state index contributed by atoms with van der Waals surface area (Å²) in [6.45, 7) is 9.66. The van der Waals surface area contributed by atoms with Gasteiger partial charge in [-0.1, -0.05) is 0 Å². The second-order valence-electron chi connectivity index (χ2n) is 8.15. The second-order valence-corrected chi connectivity index (χ2v) is 8.15. The van der Waals surface area contributed by atoms with Crippen LogP contribution in [0.2, 0.25) is 0 Å². The number of rotatable bonds is 6. The number of piperidine rings is 1. The van der Waals surface area contributed by atoms with Gasteiger partial charge in [0.15, 0.2) is 5.82 Å². The van der Waals surface area contributed by atoms with Gasteiger partial charge in [-0.2, -0.15) is 10.1 Å². The average Bonchev–Trinajstić information content (AvgIpc) is 3.37. The average molecular weight is 398 g/mol. The monoisotopic (exact) mass is 397 g/mol. The van der Waals surface area contributed by atoms with Crippen LogP contribution in [0.25, 0.3) is 5.82 Å².